The predicted molar refractivity (Wildman–Crippen MR) is 523 cm³/mol. The molecule has 18 N–H and O–H groups in total. The van der Waals surface area contributed by atoms with Gasteiger partial charge < -0.3 is 114 Å². The molecule has 4 aliphatic heterocycles. The second-order valence-corrected chi connectivity index (χ2v) is 39.1. The molecule has 0 aliphatic carbocycles. The van der Waals surface area contributed by atoms with Crippen LogP contribution >= 0.6 is 0 Å². The van der Waals surface area contributed by atoms with E-state index < -0.39 is 228 Å². The molecule has 0 radical (unpaired) electrons. The topological polar surface area (TPSA) is 592 Å². The lowest BCUT2D eigenvalue weighted by Gasteiger charge is -2.43. The monoisotopic (exact) mass is 1980 g/mol. The van der Waals surface area contributed by atoms with Crippen molar-refractivity contribution < 1.29 is 116 Å². The summed E-state index contributed by atoms with van der Waals surface area (Å²) < 4.78 is 12.0. The van der Waals surface area contributed by atoms with Crippen molar-refractivity contribution >= 4 is 106 Å². The van der Waals surface area contributed by atoms with Crippen LogP contribution in [0.1, 0.15) is 209 Å². The van der Waals surface area contributed by atoms with Gasteiger partial charge in [0.1, 0.15) is 120 Å². The number of ether oxygens (including phenoxy) is 2. The number of nitrogens with zero attached hydrogens (tertiary/aromatic N) is 4. The summed E-state index contributed by atoms with van der Waals surface area (Å²) in [4.78, 5) is 258. The Morgan fingerprint density at radius 3 is 1.04 bits per heavy atom. The van der Waals surface area contributed by atoms with Crippen molar-refractivity contribution in [3.05, 3.63) is 131 Å². The van der Waals surface area contributed by atoms with Crippen molar-refractivity contribution in [2.75, 3.05) is 27.2 Å². The van der Waals surface area contributed by atoms with Crippen LogP contribution < -0.4 is 64.6 Å². The zero-order chi connectivity index (χ0) is 105. The van der Waals surface area contributed by atoms with Crippen LogP contribution in [-0.4, -0.2) is 271 Å². The van der Waals surface area contributed by atoms with Crippen molar-refractivity contribution in [3.63, 3.8) is 0 Å². The molecule has 40 heteroatoms. The lowest BCUT2D eigenvalue weighted by molar-refractivity contribution is -0.165. The largest absolute Gasteiger partial charge is 0.508 e. The number of ketones is 2. The Hall–Kier alpha value is -13.1. The fourth-order valence-electron chi connectivity index (χ4n) is 17.4. The van der Waals surface area contributed by atoms with Gasteiger partial charge in [0.05, 0.1) is 0 Å². The van der Waals surface area contributed by atoms with Gasteiger partial charge in [-0.3, -0.25) is 67.1 Å². The van der Waals surface area contributed by atoms with E-state index in [1.165, 1.54) is 52.2 Å². The van der Waals surface area contributed by atoms with Gasteiger partial charge in [-0.25, -0.2) is 19.2 Å². The minimum absolute atomic E-state index is 0.0350. The summed E-state index contributed by atoms with van der Waals surface area (Å²) in [6.07, 6.45) is -5.61. The van der Waals surface area contributed by atoms with Crippen LogP contribution in [0.4, 0.5) is 9.59 Å². The average molecular weight is 1980 g/mol. The summed E-state index contributed by atoms with van der Waals surface area (Å²) in [7, 11) is 2.76. The number of hydrogen-bond donors (Lipinski definition) is 16. The van der Waals surface area contributed by atoms with E-state index in [0.29, 0.717) is 35.1 Å². The first-order valence-corrected chi connectivity index (χ1v) is 49.2. The van der Waals surface area contributed by atoms with E-state index in [2.05, 4.69) is 53.2 Å². The molecule has 0 spiro atoms. The summed E-state index contributed by atoms with van der Waals surface area (Å²) in [6, 6.07) is 11.0. The third kappa shape index (κ3) is 34.1. The molecule has 4 aromatic carbocycles. The number of amides is 16. The molecule has 40 nitrogen and oxygen atoms in total. The van der Waals surface area contributed by atoms with Gasteiger partial charge in [0.25, 0.3) is 0 Å². The van der Waals surface area contributed by atoms with Crippen LogP contribution in [0, 0.1) is 47.3 Å². The Labute approximate surface area is 830 Å². The number of Topliss-reactive ketones (excluding diaryl/α,β-unsaturated/α-hetero) is 2. The van der Waals surface area contributed by atoms with Gasteiger partial charge in [0.15, 0.2) is 0 Å². The van der Waals surface area contributed by atoms with E-state index in [1.54, 1.807) is 168 Å². The van der Waals surface area contributed by atoms with Crippen LogP contribution in [0.5, 0.6) is 11.5 Å². The summed E-state index contributed by atoms with van der Waals surface area (Å²) in [5.41, 5.74) is 12.7. The number of carbonyl (C=O) groups excluding carboxylic acids is 18. The number of likely N-dealkylation sites (N-methyl/N-ethyl adjacent to an activating group) is 2. The highest BCUT2D eigenvalue weighted by Crippen LogP contribution is 2.31. The third-order valence-corrected chi connectivity index (χ3v) is 26.5. The first kappa shape index (κ1) is 116. The molecule has 4 heterocycles. The SMILES string of the molecule is CCC(C)[C@@H]1NC(=O)[C@H](Cc2ccc(O)cc2)N(C)C(=O)[C@H](Cc2ccccc2)N2C(=O)C(CC[C@@H]2O)NC(=O)[C@H](CC(C)C)NC(=O)[C@@H](NC(=O)[C@H](CCCNC(N)=O)CC(=O)C(C)C)[C@@H](C)OC1=O.CCC(C)[C@@H]1NC(=O)[C@H](Cc2ccc(O)cc2)N(C)C(=O)[C@H](Cc2ccccc2)N2C(=O)C(CC[C@@H]2O)NC(=O)[C@H](CC(C)C)NC(=O)[C@@H](NC(=O)[C@H](CCCNC(N)=O)CC(=O)C(C)C)[C@H](C)OC1=O. The number of benzene rings is 4. The third-order valence-electron chi connectivity index (χ3n) is 26.5. The van der Waals surface area contributed by atoms with Gasteiger partial charge in [0, 0.05) is 89.4 Å². The number of phenols is 2. The van der Waals surface area contributed by atoms with E-state index in [4.69, 9.17) is 20.9 Å². The molecule has 4 unspecified atom stereocenters. The van der Waals surface area contributed by atoms with E-state index >= 15 is 9.59 Å². The number of hydrogen-bond acceptors (Lipinski definition) is 24. The van der Waals surface area contributed by atoms with Gasteiger partial charge in [-0.15, -0.1) is 0 Å². The number of nitrogens with one attached hydrogen (secondary N) is 10. The quantitative estimate of drug-likeness (QED) is 0.0233. The van der Waals surface area contributed by atoms with Crippen LogP contribution in [0.25, 0.3) is 0 Å². The number of nitrogens with two attached hydrogens (primary N) is 2. The number of rotatable bonds is 34. The van der Waals surface area contributed by atoms with Crippen molar-refractivity contribution in [2.24, 2.45) is 58.8 Å². The lowest BCUT2D eigenvalue weighted by atomic mass is 9.91. The van der Waals surface area contributed by atoms with Crippen LogP contribution in [-0.2, 0) is 112 Å². The Bertz CT molecular complexity index is 4690. The van der Waals surface area contributed by atoms with Crippen molar-refractivity contribution in [3.8, 4) is 11.5 Å². The molecule has 142 heavy (non-hydrogen) atoms. The van der Waals surface area contributed by atoms with E-state index in [-0.39, 0.29) is 151 Å². The van der Waals surface area contributed by atoms with Crippen LogP contribution in [0.3, 0.4) is 0 Å². The summed E-state index contributed by atoms with van der Waals surface area (Å²) in [5, 5.41) is 70.1. The first-order chi connectivity index (χ1) is 67.0. The summed E-state index contributed by atoms with van der Waals surface area (Å²) in [5.74, 6) is -16.7. The number of primary amides is 2. The van der Waals surface area contributed by atoms with Crippen LogP contribution in [0.15, 0.2) is 109 Å². The number of aliphatic hydroxyl groups is 2. The Balaban J connectivity index is 0.000000386. The second-order valence-electron chi connectivity index (χ2n) is 39.1. The van der Waals surface area contributed by atoms with Crippen LogP contribution in [0.2, 0.25) is 0 Å². The molecule has 8 rings (SSSR count). The molecule has 4 fully saturated rings. The molecular formula is C102H148N16O24. The highest BCUT2D eigenvalue weighted by Gasteiger charge is 2.50. The van der Waals surface area contributed by atoms with Gasteiger partial charge in [-0.05, 0) is 148 Å². The summed E-state index contributed by atoms with van der Waals surface area (Å²) >= 11 is 0. The van der Waals surface area contributed by atoms with Crippen molar-refractivity contribution in [1.29, 1.82) is 0 Å². The molecule has 0 saturated carbocycles. The summed E-state index contributed by atoms with van der Waals surface area (Å²) in [6.45, 7) is 23.8. The lowest BCUT2D eigenvalue weighted by Crippen LogP contribution is -2.65. The number of phenolic OH excluding ortho intramolecular Hbond substituents is 2. The number of cyclic esters (lactones) is 2. The highest BCUT2D eigenvalue weighted by atomic mass is 16.6. The molecule has 780 valence electrons. The number of urea groups is 2. The number of aromatic hydroxyl groups is 2. The van der Waals surface area contributed by atoms with Gasteiger partial charge in [0.2, 0.25) is 70.9 Å². The first-order valence-electron chi connectivity index (χ1n) is 49.2. The number of carbonyl (C=O) groups is 18. The minimum Gasteiger partial charge on any atom is -0.508 e. The molecule has 4 saturated heterocycles. The number of aliphatic hydroxyl groups excluding tert-OH is 2. The smallest absolute Gasteiger partial charge is 0.329 e. The standard InChI is InChI=1S/2C51H74N8O12/c2*1-9-30(6)42-50(69)71-31(7)43(57-44(63)34(27-40(61)29(4)5)16-13-23-53-51(52)70)47(66)55-37(24-28(2)3)45(64)54-36-21-22-41(62)59(48(36)67)39(26-32-14-11-10-12-15-32)49(68)58(8)38(46(65)56-42)25-33-17-19-35(60)20-18-33/h2*10-12,14-15,17-20,28-31,34,36-39,41-43,60,62H,9,13,16,21-27H2,1-8H3,(H,54,64)(H,55,66)(H,56,65)(H,57,63)(H3,52,53,70)/t30?,31-,34+,36?,37-,38-,39-,41-,42-,43-;30?,31-,34-,36?,37+,38+,39+,41+,42+,43+/m01/s1. The predicted octanol–water partition coefficient (Wildman–Crippen LogP) is 3.94. The Morgan fingerprint density at radius 1 is 0.415 bits per heavy atom. The fourth-order valence-corrected chi connectivity index (χ4v) is 17.4. The Kier molecular flexibility index (Phi) is 45.1. The molecule has 20 atom stereocenters. The van der Waals surface area contributed by atoms with E-state index in [9.17, 15) is 97.1 Å². The zero-order valence-electron chi connectivity index (χ0n) is 84.3. The second kappa shape index (κ2) is 55.3. The maximum Gasteiger partial charge on any atom is 0.329 e. The van der Waals surface area contributed by atoms with Crippen molar-refractivity contribution in [2.45, 2.75) is 310 Å². The maximum atomic E-state index is 15.1. The van der Waals surface area contributed by atoms with Gasteiger partial charge >= 0.3 is 24.0 Å². The van der Waals surface area contributed by atoms with Gasteiger partial charge in [-0.1, -0.05) is 181 Å². The molecule has 4 aromatic rings. The number of fused-ring (bicyclic) bond motifs is 4. The molecule has 4 aliphatic rings. The zero-order valence-corrected chi connectivity index (χ0v) is 84.3. The Morgan fingerprint density at radius 2 is 0.732 bits per heavy atom. The van der Waals surface area contributed by atoms with E-state index in [1.807, 2.05) is 0 Å². The molecular weight excluding hydrogens is 1830 g/mol. The van der Waals surface area contributed by atoms with Gasteiger partial charge in [-0.2, -0.15) is 0 Å². The number of esters is 2. The molecule has 16 amide bonds. The average Bonchev–Trinajstić information content (AvgIpc) is 0.803. The minimum atomic E-state index is -1.68. The molecule has 4 bridgehead atoms. The maximum absolute atomic E-state index is 15.1. The normalized spacial score (nSPS) is 24.9. The van der Waals surface area contributed by atoms with Crippen molar-refractivity contribution in [1.82, 2.24) is 72.8 Å². The number of piperidine rings is 2. The molecule has 0 aromatic heterocycles. The van der Waals surface area contributed by atoms with E-state index in [0.717, 1.165) is 19.6 Å². The highest BCUT2D eigenvalue weighted by molar-refractivity contribution is 6.01. The fraction of sp³-hybridized carbons (Fsp3) is 0.588.